The van der Waals surface area contributed by atoms with E-state index in [4.69, 9.17) is 17.3 Å². The Bertz CT molecular complexity index is 584. The zero-order chi connectivity index (χ0) is 11.7. The molecule has 16 heavy (non-hydrogen) atoms. The molecule has 1 heterocycles. The minimum absolute atomic E-state index is 0.152. The van der Waals surface area contributed by atoms with Crippen molar-refractivity contribution < 1.29 is 9.90 Å². The molecule has 1 aromatic heterocycles. The third-order valence-electron chi connectivity index (χ3n) is 2.30. The fourth-order valence-corrected chi connectivity index (χ4v) is 1.95. The van der Waals surface area contributed by atoms with E-state index in [0.29, 0.717) is 5.69 Å². The van der Waals surface area contributed by atoms with Gasteiger partial charge in [-0.15, -0.1) is 0 Å². The van der Waals surface area contributed by atoms with Gasteiger partial charge in [0.2, 0.25) is 0 Å². The Morgan fingerprint density at radius 1 is 1.38 bits per heavy atom. The van der Waals surface area contributed by atoms with Gasteiger partial charge in [-0.1, -0.05) is 30.4 Å². The van der Waals surface area contributed by atoms with Gasteiger partial charge in [0.15, 0.2) is 0 Å². The number of aromatic carboxylic acids is 1. The van der Waals surface area contributed by atoms with E-state index in [1.807, 2.05) is 30.3 Å². The second-order valence-corrected chi connectivity index (χ2v) is 3.78. The lowest BCUT2D eigenvalue weighted by Gasteiger charge is -2.00. The van der Waals surface area contributed by atoms with Gasteiger partial charge >= 0.3 is 5.97 Å². The van der Waals surface area contributed by atoms with Crippen molar-refractivity contribution in [1.82, 2.24) is 9.78 Å². The fourth-order valence-electron chi connectivity index (χ4n) is 1.56. The number of rotatable bonds is 2. The van der Waals surface area contributed by atoms with Crippen molar-refractivity contribution in [2.75, 3.05) is 0 Å². The summed E-state index contributed by atoms with van der Waals surface area (Å²) < 4.78 is 1.88. The number of aryl methyl sites for hydroxylation is 1. The van der Waals surface area contributed by atoms with Crippen LogP contribution in [0.3, 0.4) is 0 Å². The summed E-state index contributed by atoms with van der Waals surface area (Å²) in [6.07, 6.45) is 0. The van der Waals surface area contributed by atoms with Gasteiger partial charge in [-0.2, -0.15) is 0 Å². The summed E-state index contributed by atoms with van der Waals surface area (Å²) in [5, 5.41) is 11.9. The highest BCUT2D eigenvalue weighted by Crippen LogP contribution is 2.14. The third kappa shape index (κ3) is 1.65. The van der Waals surface area contributed by atoms with Gasteiger partial charge in [0, 0.05) is 5.69 Å². The SMILES string of the molecule is Cc1[nH]n(-c2ccccc2)c(=S)c1C(=O)O. The van der Waals surface area contributed by atoms with Crippen molar-refractivity contribution in [2.24, 2.45) is 0 Å². The molecule has 0 fully saturated rings. The molecule has 0 aliphatic heterocycles. The van der Waals surface area contributed by atoms with E-state index in [0.717, 1.165) is 5.69 Å². The molecule has 0 amide bonds. The van der Waals surface area contributed by atoms with Gasteiger partial charge in [-0.05, 0) is 19.1 Å². The second kappa shape index (κ2) is 3.94. The van der Waals surface area contributed by atoms with E-state index in [2.05, 4.69) is 5.10 Å². The van der Waals surface area contributed by atoms with E-state index >= 15 is 0 Å². The van der Waals surface area contributed by atoms with Crippen LogP contribution in [-0.2, 0) is 0 Å². The van der Waals surface area contributed by atoms with Crippen molar-refractivity contribution >= 4 is 18.2 Å². The van der Waals surface area contributed by atoms with Crippen LogP contribution in [0.15, 0.2) is 30.3 Å². The maximum Gasteiger partial charge on any atom is 0.340 e. The summed E-state index contributed by atoms with van der Waals surface area (Å²) in [6.45, 7) is 1.69. The number of carboxylic acid groups (broad SMARTS) is 1. The highest BCUT2D eigenvalue weighted by molar-refractivity contribution is 7.71. The quantitative estimate of drug-likeness (QED) is 0.785. The smallest absolute Gasteiger partial charge is 0.340 e. The molecular weight excluding hydrogens is 224 g/mol. The molecule has 5 heteroatoms. The number of aromatic nitrogens is 2. The first-order valence-electron chi connectivity index (χ1n) is 4.71. The first kappa shape index (κ1) is 10.6. The van der Waals surface area contributed by atoms with E-state index in [-0.39, 0.29) is 10.2 Å². The number of nitrogens with zero attached hydrogens (tertiary/aromatic N) is 1. The Morgan fingerprint density at radius 3 is 2.50 bits per heavy atom. The molecule has 2 aromatic rings. The molecule has 4 nitrogen and oxygen atoms in total. The van der Waals surface area contributed by atoms with Crippen molar-refractivity contribution in [3.8, 4) is 5.69 Å². The van der Waals surface area contributed by atoms with Crippen molar-refractivity contribution in [1.29, 1.82) is 0 Å². The summed E-state index contributed by atoms with van der Waals surface area (Å²) in [5.74, 6) is -1.01. The molecule has 2 N–H and O–H groups in total. The maximum absolute atomic E-state index is 11.0. The Labute approximate surface area is 97.1 Å². The number of para-hydroxylation sites is 1. The van der Waals surface area contributed by atoms with Crippen molar-refractivity contribution in [3.63, 3.8) is 0 Å². The number of nitrogens with one attached hydrogen (secondary N) is 1. The van der Waals surface area contributed by atoms with Crippen LogP contribution in [0, 0.1) is 11.6 Å². The van der Waals surface area contributed by atoms with E-state index in [1.54, 1.807) is 11.6 Å². The monoisotopic (exact) mass is 234 g/mol. The predicted octanol–water partition coefficient (Wildman–Crippen LogP) is 2.54. The number of hydrogen-bond donors (Lipinski definition) is 2. The molecule has 2 rings (SSSR count). The molecule has 0 aliphatic carbocycles. The third-order valence-corrected chi connectivity index (χ3v) is 2.69. The molecule has 0 unspecified atom stereocenters. The second-order valence-electron chi connectivity index (χ2n) is 3.39. The lowest BCUT2D eigenvalue weighted by Crippen LogP contribution is -1.98. The largest absolute Gasteiger partial charge is 0.478 e. The fraction of sp³-hybridized carbons (Fsp3) is 0.0909. The van der Waals surface area contributed by atoms with Gasteiger partial charge in [0.25, 0.3) is 0 Å². The van der Waals surface area contributed by atoms with Gasteiger partial charge in [0.1, 0.15) is 10.2 Å². The Kier molecular flexibility index (Phi) is 2.62. The van der Waals surface area contributed by atoms with Crippen LogP contribution in [-0.4, -0.2) is 20.9 Å². The van der Waals surface area contributed by atoms with Crippen molar-refractivity contribution in [3.05, 3.63) is 46.2 Å². The Balaban J connectivity index is 2.66. The molecule has 1 aromatic carbocycles. The first-order valence-corrected chi connectivity index (χ1v) is 5.12. The normalized spacial score (nSPS) is 10.3. The number of hydrogen-bond acceptors (Lipinski definition) is 2. The molecule has 0 saturated heterocycles. The molecular formula is C11H10N2O2S. The van der Waals surface area contributed by atoms with Crippen LogP contribution in [0.25, 0.3) is 5.69 Å². The summed E-state index contributed by atoms with van der Waals surface area (Å²) in [6, 6.07) is 9.34. The molecule has 0 spiro atoms. The van der Waals surface area contributed by atoms with Crippen LogP contribution in [0.1, 0.15) is 16.1 Å². The lowest BCUT2D eigenvalue weighted by atomic mass is 10.3. The zero-order valence-corrected chi connectivity index (χ0v) is 9.41. The molecule has 0 radical (unpaired) electrons. The standard InChI is InChI=1S/C11H10N2O2S/c1-7-9(11(14)15)10(16)13(12-7)8-5-3-2-4-6-8/h2-6,12H,1H3,(H,14,15). The highest BCUT2D eigenvalue weighted by atomic mass is 32.1. The molecule has 82 valence electrons. The van der Waals surface area contributed by atoms with E-state index < -0.39 is 5.97 Å². The minimum Gasteiger partial charge on any atom is -0.478 e. The average molecular weight is 234 g/mol. The molecule has 0 atom stereocenters. The molecule has 0 aliphatic rings. The molecule has 0 saturated carbocycles. The van der Waals surface area contributed by atoms with Crippen LogP contribution in [0.4, 0.5) is 0 Å². The first-order chi connectivity index (χ1) is 7.61. The average Bonchev–Trinajstić information content (AvgIpc) is 2.55. The Hall–Kier alpha value is -1.88. The summed E-state index contributed by atoms with van der Waals surface area (Å²) in [5.41, 5.74) is 1.53. The summed E-state index contributed by atoms with van der Waals surface area (Å²) in [4.78, 5) is 11.0. The van der Waals surface area contributed by atoms with Crippen molar-refractivity contribution in [2.45, 2.75) is 6.92 Å². The van der Waals surface area contributed by atoms with Crippen LogP contribution in [0.2, 0.25) is 0 Å². The topological polar surface area (TPSA) is 58.0 Å². The Morgan fingerprint density at radius 2 is 2.00 bits per heavy atom. The van der Waals surface area contributed by atoms with Gasteiger partial charge < -0.3 is 5.11 Å². The number of carbonyl (C=O) groups is 1. The highest BCUT2D eigenvalue weighted by Gasteiger charge is 2.15. The summed E-state index contributed by atoms with van der Waals surface area (Å²) in [7, 11) is 0. The lowest BCUT2D eigenvalue weighted by molar-refractivity contribution is 0.0695. The van der Waals surface area contributed by atoms with Crippen LogP contribution < -0.4 is 0 Å². The van der Waals surface area contributed by atoms with Crippen LogP contribution in [0.5, 0.6) is 0 Å². The molecule has 0 bridgehead atoms. The zero-order valence-electron chi connectivity index (χ0n) is 8.60. The predicted molar refractivity (Wildman–Crippen MR) is 62.7 cm³/mol. The van der Waals surface area contributed by atoms with Crippen LogP contribution >= 0.6 is 12.2 Å². The number of H-pyrrole nitrogens is 1. The van der Waals surface area contributed by atoms with E-state index in [9.17, 15) is 4.79 Å². The minimum atomic E-state index is -1.01. The summed E-state index contributed by atoms with van der Waals surface area (Å²) >= 11 is 5.12. The van der Waals surface area contributed by atoms with Gasteiger partial charge in [0.05, 0.1) is 5.69 Å². The van der Waals surface area contributed by atoms with Gasteiger partial charge in [-0.25, -0.2) is 9.48 Å². The van der Waals surface area contributed by atoms with E-state index in [1.165, 1.54) is 0 Å². The maximum atomic E-state index is 11.0. The van der Waals surface area contributed by atoms with Gasteiger partial charge in [-0.3, -0.25) is 5.10 Å². The number of benzene rings is 1. The number of aromatic amines is 1. The number of carboxylic acids is 1.